The van der Waals surface area contributed by atoms with Crippen LogP contribution in [0.2, 0.25) is 0 Å². The van der Waals surface area contributed by atoms with Crippen molar-refractivity contribution in [2.24, 2.45) is 40.4 Å². The van der Waals surface area contributed by atoms with E-state index in [4.69, 9.17) is 0 Å². The van der Waals surface area contributed by atoms with Gasteiger partial charge in [0.1, 0.15) is 11.4 Å². The van der Waals surface area contributed by atoms with Gasteiger partial charge in [0.25, 0.3) is 0 Å². The van der Waals surface area contributed by atoms with Gasteiger partial charge in [0, 0.05) is 18.3 Å². The number of carbonyl (C=O) groups is 1. The summed E-state index contributed by atoms with van der Waals surface area (Å²) in [6, 6.07) is 0. The highest BCUT2D eigenvalue weighted by atomic mass is 19.4. The minimum absolute atomic E-state index is 0.0151. The number of carbonyl (C=O) groups excluding carboxylic acids is 1. The third-order valence-electron chi connectivity index (χ3n) is 9.87. The molecule has 0 saturated heterocycles. The third-order valence-corrected chi connectivity index (χ3v) is 9.87. The Bertz CT molecular complexity index is 706. The minimum Gasteiger partial charge on any atom is -0.383 e. The van der Waals surface area contributed by atoms with Crippen molar-refractivity contribution in [1.82, 2.24) is 0 Å². The molecule has 0 aromatic rings. The van der Waals surface area contributed by atoms with Crippen molar-refractivity contribution in [3.63, 3.8) is 0 Å². The van der Waals surface area contributed by atoms with Crippen molar-refractivity contribution in [1.29, 1.82) is 0 Å². The third kappa shape index (κ3) is 2.58. The molecule has 1 N–H and O–H groups in total. The van der Waals surface area contributed by atoms with E-state index in [2.05, 4.69) is 13.8 Å². The molecule has 0 heterocycles. The van der Waals surface area contributed by atoms with Crippen molar-refractivity contribution in [3.8, 4) is 0 Å². The number of Topliss-reactive ketones (excluding diaryl/α,β-unsaturated/α-hetero) is 1. The van der Waals surface area contributed by atoms with Crippen LogP contribution in [0.15, 0.2) is 0 Å². The van der Waals surface area contributed by atoms with E-state index in [1.165, 1.54) is 6.92 Å². The number of ketones is 1. The first-order valence-electron chi connectivity index (χ1n) is 10.9. The maximum atomic E-state index is 14.5. The van der Waals surface area contributed by atoms with E-state index in [-0.39, 0.29) is 53.6 Å². The quantitative estimate of drug-likeness (QED) is 0.545. The Balaban J connectivity index is 1.71. The van der Waals surface area contributed by atoms with Gasteiger partial charge in [-0.2, -0.15) is 22.0 Å². The van der Waals surface area contributed by atoms with Crippen LogP contribution < -0.4 is 0 Å². The fourth-order valence-electron chi connectivity index (χ4n) is 8.20. The fourth-order valence-corrected chi connectivity index (χ4v) is 8.20. The Hall–Kier alpha value is -0.720. The van der Waals surface area contributed by atoms with E-state index in [0.717, 1.165) is 12.8 Å². The summed E-state index contributed by atoms with van der Waals surface area (Å²) < 4.78 is 68.8. The zero-order chi connectivity index (χ0) is 21.6. The van der Waals surface area contributed by atoms with Crippen molar-refractivity contribution in [2.75, 3.05) is 0 Å². The fraction of sp³-hybridized carbons (Fsp3) is 0.955. The summed E-state index contributed by atoms with van der Waals surface area (Å²) in [6.45, 7) is 5.72. The van der Waals surface area contributed by atoms with Gasteiger partial charge in [-0.3, -0.25) is 4.79 Å². The molecular formula is C22H31F5O2. The average molecular weight is 422 g/mol. The summed E-state index contributed by atoms with van der Waals surface area (Å²) in [5.74, 6) is -4.57. The van der Waals surface area contributed by atoms with Crippen LogP contribution in [0.3, 0.4) is 0 Å². The van der Waals surface area contributed by atoms with E-state index in [0.29, 0.717) is 19.3 Å². The SMILES string of the molecule is CC1C[C@@H]2CC(=O)CC[C@]2(C)C2CC[C@@]3(C)C(CC[C@@]3(O)C(F)(F)C(F)(F)F)C12. The highest BCUT2D eigenvalue weighted by molar-refractivity contribution is 5.79. The second-order valence-electron chi connectivity index (χ2n) is 10.9. The Morgan fingerprint density at radius 2 is 1.62 bits per heavy atom. The maximum absolute atomic E-state index is 14.5. The van der Waals surface area contributed by atoms with Crippen LogP contribution in [0.1, 0.15) is 72.1 Å². The van der Waals surface area contributed by atoms with Crippen molar-refractivity contribution in [2.45, 2.75) is 89.8 Å². The molecule has 4 aliphatic rings. The normalized spacial score (nSPS) is 50.7. The monoisotopic (exact) mass is 422 g/mol. The molecule has 7 heteroatoms. The molecule has 0 amide bonds. The van der Waals surface area contributed by atoms with Crippen LogP contribution in [-0.4, -0.2) is 28.6 Å². The summed E-state index contributed by atoms with van der Waals surface area (Å²) in [5.41, 5.74) is -4.59. The molecule has 0 spiro atoms. The largest absolute Gasteiger partial charge is 0.456 e. The van der Waals surface area contributed by atoms with Gasteiger partial charge in [0.15, 0.2) is 0 Å². The molecule has 0 aromatic heterocycles. The van der Waals surface area contributed by atoms with Gasteiger partial charge in [-0.15, -0.1) is 0 Å². The molecule has 4 fully saturated rings. The first kappa shape index (κ1) is 21.5. The molecule has 0 bridgehead atoms. The maximum Gasteiger partial charge on any atom is 0.456 e. The van der Waals surface area contributed by atoms with Gasteiger partial charge in [0.05, 0.1) is 0 Å². The predicted octanol–water partition coefficient (Wildman–Crippen LogP) is 5.77. The predicted molar refractivity (Wildman–Crippen MR) is 97.2 cm³/mol. The second-order valence-corrected chi connectivity index (χ2v) is 10.9. The van der Waals surface area contributed by atoms with Crippen LogP contribution in [0.25, 0.3) is 0 Å². The zero-order valence-corrected chi connectivity index (χ0v) is 17.3. The number of rotatable bonds is 1. The lowest BCUT2D eigenvalue weighted by molar-refractivity contribution is -0.364. The van der Waals surface area contributed by atoms with Crippen LogP contribution in [0.4, 0.5) is 22.0 Å². The lowest BCUT2D eigenvalue weighted by Crippen LogP contribution is -2.66. The molecule has 0 aromatic carbocycles. The average Bonchev–Trinajstić information content (AvgIpc) is 2.88. The van der Waals surface area contributed by atoms with Gasteiger partial charge >= 0.3 is 12.1 Å². The summed E-state index contributed by atoms with van der Waals surface area (Å²) in [4.78, 5) is 12.0. The molecule has 2 nitrogen and oxygen atoms in total. The summed E-state index contributed by atoms with van der Waals surface area (Å²) in [7, 11) is 0. The van der Waals surface area contributed by atoms with Crippen molar-refractivity contribution in [3.05, 3.63) is 0 Å². The number of fused-ring (bicyclic) bond motifs is 5. The van der Waals surface area contributed by atoms with E-state index >= 15 is 0 Å². The van der Waals surface area contributed by atoms with E-state index in [1.54, 1.807) is 0 Å². The van der Waals surface area contributed by atoms with Crippen molar-refractivity contribution >= 4 is 5.78 Å². The van der Waals surface area contributed by atoms with Gasteiger partial charge in [0.2, 0.25) is 0 Å². The Kier molecular flexibility index (Phi) is 4.57. The van der Waals surface area contributed by atoms with Crippen LogP contribution in [-0.2, 0) is 4.79 Å². The van der Waals surface area contributed by atoms with Gasteiger partial charge in [-0.05, 0) is 73.5 Å². The van der Waals surface area contributed by atoms with Gasteiger partial charge < -0.3 is 5.11 Å². The molecule has 0 aliphatic heterocycles. The van der Waals surface area contributed by atoms with Crippen molar-refractivity contribution < 1.29 is 31.9 Å². The zero-order valence-electron chi connectivity index (χ0n) is 17.3. The number of hydrogen-bond acceptors (Lipinski definition) is 2. The lowest BCUT2D eigenvalue weighted by Gasteiger charge is -2.63. The second kappa shape index (κ2) is 6.17. The standard InChI is InChI=1S/C22H31F5O2/c1-12-10-13-11-14(28)4-7-18(13,2)15-5-8-19(3)16(17(12)15)6-9-20(19,29)21(23,24)22(25,26)27/h12-13,15-17,29H,4-11H2,1-3H3/t12?,13-,15?,16?,17?,18+,19+,20+/m1/s1. The molecule has 4 rings (SSSR count). The molecule has 4 unspecified atom stereocenters. The summed E-state index contributed by atoms with van der Waals surface area (Å²) in [6.07, 6.45) is -2.70. The van der Waals surface area contributed by atoms with Gasteiger partial charge in [-0.1, -0.05) is 20.8 Å². The Morgan fingerprint density at radius 1 is 1.00 bits per heavy atom. The van der Waals surface area contributed by atoms with Crippen LogP contribution in [0, 0.1) is 40.4 Å². The molecular weight excluding hydrogens is 391 g/mol. The Morgan fingerprint density at radius 3 is 2.24 bits per heavy atom. The molecule has 29 heavy (non-hydrogen) atoms. The van der Waals surface area contributed by atoms with E-state index in [1.807, 2.05) is 0 Å². The summed E-state index contributed by atoms with van der Waals surface area (Å²) >= 11 is 0. The number of hydrogen-bond donors (Lipinski definition) is 1. The lowest BCUT2D eigenvalue weighted by atomic mass is 9.42. The molecule has 4 aliphatic carbocycles. The van der Waals surface area contributed by atoms with E-state index in [9.17, 15) is 31.9 Å². The molecule has 166 valence electrons. The molecule has 8 atom stereocenters. The van der Waals surface area contributed by atoms with E-state index < -0.39 is 29.5 Å². The first-order valence-corrected chi connectivity index (χ1v) is 10.9. The number of halogens is 5. The minimum atomic E-state index is -5.77. The van der Waals surface area contributed by atoms with Crippen LogP contribution >= 0.6 is 0 Å². The first-order chi connectivity index (χ1) is 13.2. The van der Waals surface area contributed by atoms with Gasteiger partial charge in [-0.25, -0.2) is 0 Å². The topological polar surface area (TPSA) is 37.3 Å². The molecule has 4 saturated carbocycles. The Labute approximate surface area is 168 Å². The highest BCUT2D eigenvalue weighted by Gasteiger charge is 2.79. The molecule has 0 radical (unpaired) electrons. The smallest absolute Gasteiger partial charge is 0.383 e. The number of alkyl halides is 5. The summed E-state index contributed by atoms with van der Waals surface area (Å²) in [5, 5.41) is 10.9. The van der Waals surface area contributed by atoms with Crippen LogP contribution in [0.5, 0.6) is 0 Å². The highest BCUT2D eigenvalue weighted by Crippen LogP contribution is 2.71. The number of aliphatic hydroxyl groups is 1.